The van der Waals surface area contributed by atoms with Crippen molar-refractivity contribution in [2.75, 3.05) is 80.8 Å². The Morgan fingerprint density at radius 1 is 0.938 bits per heavy atom. The first-order valence-corrected chi connectivity index (χ1v) is 24.5. The number of halogens is 1. The number of nitro groups is 1. The first-order chi connectivity index (χ1) is 31.5. The zero-order valence-electron chi connectivity index (χ0n) is 36.2. The number of aromatic nitrogens is 2. The Bertz CT molecular complexity index is 2760. The number of amides is 1. The fourth-order valence-corrected chi connectivity index (χ4v) is 11.0. The van der Waals surface area contributed by atoms with Gasteiger partial charge in [0.05, 0.1) is 27.7 Å². The summed E-state index contributed by atoms with van der Waals surface area (Å²) in [6.45, 7) is 6.76. The molecule has 2 aliphatic carbocycles. The molecule has 10 rings (SSSR count). The smallest absolute Gasteiger partial charge is 0.293 e. The molecular formula is C48H53ClN8O7S. The lowest BCUT2D eigenvalue weighted by Gasteiger charge is -2.38. The van der Waals surface area contributed by atoms with Crippen molar-refractivity contribution in [1.29, 1.82) is 0 Å². The number of anilines is 4. The van der Waals surface area contributed by atoms with E-state index in [0.717, 1.165) is 80.6 Å². The van der Waals surface area contributed by atoms with Gasteiger partial charge in [-0.25, -0.2) is 13.1 Å². The van der Waals surface area contributed by atoms with Gasteiger partial charge in [0.1, 0.15) is 17.0 Å². The van der Waals surface area contributed by atoms with E-state index in [1.165, 1.54) is 48.1 Å². The number of nitrogens with zero attached hydrogens (tertiary/aromatic N) is 5. The molecule has 1 saturated carbocycles. The summed E-state index contributed by atoms with van der Waals surface area (Å²) in [5, 5.41) is 16.9. The van der Waals surface area contributed by atoms with E-state index in [2.05, 4.69) is 37.0 Å². The molecule has 3 N–H and O–H groups in total. The van der Waals surface area contributed by atoms with Crippen molar-refractivity contribution in [3.63, 3.8) is 0 Å². The number of aromatic amines is 1. The highest BCUT2D eigenvalue weighted by molar-refractivity contribution is 7.90. The maximum Gasteiger partial charge on any atom is 0.293 e. The minimum atomic E-state index is -4.56. The second-order valence-corrected chi connectivity index (χ2v) is 20.2. The SMILES string of the molecule is O=C(NS(=O)(=O)c1ccc(NCC2CCOCC2)c([N+](=O)[O-])c1)c1ccc(N2CCN(CC3=C(c4ccc(Cl)cc4)CC4(CC3)CC4)CC2)cc1N1CCCOc2nc3[nH]ccc3cc21. The molecule has 15 nitrogen and oxygen atoms in total. The van der Waals surface area contributed by atoms with Crippen LogP contribution in [-0.2, 0) is 14.8 Å². The molecule has 2 saturated heterocycles. The lowest BCUT2D eigenvalue weighted by atomic mass is 9.78. The van der Waals surface area contributed by atoms with Gasteiger partial charge in [0.15, 0.2) is 0 Å². The third-order valence-electron chi connectivity index (χ3n) is 13.9. The summed E-state index contributed by atoms with van der Waals surface area (Å²) >= 11 is 6.28. The van der Waals surface area contributed by atoms with Crippen molar-refractivity contribution in [2.45, 2.75) is 56.3 Å². The standard InChI is InChI=1S/C48H53ClN8O7S/c49-36-4-2-33(3-5-36)40-29-48(15-16-48)14-10-35(40)31-54-19-21-55(22-20-54)37-6-8-39(42(27-37)56-18-1-23-64-47-44(56)26-34-11-17-50-45(34)52-47)46(58)53-65(61,62)38-7-9-41(43(28-38)57(59)60)51-30-32-12-24-63-25-13-32/h2-9,11,17,26-28,32,51H,1,10,12-16,18-25,29-31H2,(H,50,52)(H,53,58). The van der Waals surface area contributed by atoms with Crippen LogP contribution in [0, 0.1) is 21.4 Å². The van der Waals surface area contributed by atoms with Crippen LogP contribution < -0.4 is 24.6 Å². The number of nitro benzene ring substituents is 1. The van der Waals surface area contributed by atoms with Crippen LogP contribution in [0.1, 0.15) is 67.3 Å². The molecule has 3 aliphatic heterocycles. The summed E-state index contributed by atoms with van der Waals surface area (Å²) in [5.41, 5.74) is 7.39. The van der Waals surface area contributed by atoms with Crippen LogP contribution in [-0.4, -0.2) is 99.8 Å². The number of sulfonamides is 1. The number of allylic oxidation sites excluding steroid dienone is 1. The fraction of sp³-hybridized carbons (Fsp3) is 0.417. The summed E-state index contributed by atoms with van der Waals surface area (Å²) < 4.78 is 41.7. The Labute approximate surface area is 383 Å². The van der Waals surface area contributed by atoms with Gasteiger partial charge in [-0.15, -0.1) is 0 Å². The molecule has 0 atom stereocenters. The fourth-order valence-electron chi connectivity index (χ4n) is 9.89. The van der Waals surface area contributed by atoms with Gasteiger partial charge in [-0.05, 0) is 128 Å². The van der Waals surface area contributed by atoms with Gasteiger partial charge >= 0.3 is 0 Å². The summed E-state index contributed by atoms with van der Waals surface area (Å²) in [7, 11) is -4.56. The van der Waals surface area contributed by atoms with E-state index in [9.17, 15) is 23.3 Å². The number of piperazine rings is 1. The van der Waals surface area contributed by atoms with Gasteiger partial charge in [0.25, 0.3) is 21.6 Å². The zero-order chi connectivity index (χ0) is 44.7. The predicted molar refractivity (Wildman–Crippen MR) is 252 cm³/mol. The molecule has 0 radical (unpaired) electrons. The van der Waals surface area contributed by atoms with E-state index in [0.29, 0.717) is 67.6 Å². The molecule has 1 amide bonds. The van der Waals surface area contributed by atoms with Crippen LogP contribution in [0.2, 0.25) is 5.02 Å². The molecule has 65 heavy (non-hydrogen) atoms. The lowest BCUT2D eigenvalue weighted by molar-refractivity contribution is -0.384. The molecule has 17 heteroatoms. The number of hydrogen-bond donors (Lipinski definition) is 3. The van der Waals surface area contributed by atoms with Crippen LogP contribution in [0.15, 0.2) is 89.5 Å². The highest BCUT2D eigenvalue weighted by Crippen LogP contribution is 2.59. The van der Waals surface area contributed by atoms with Gasteiger partial charge in [-0.3, -0.25) is 19.8 Å². The van der Waals surface area contributed by atoms with Crippen LogP contribution in [0.25, 0.3) is 16.6 Å². The molecule has 3 fully saturated rings. The quantitative estimate of drug-likeness (QED) is 0.0805. The topological polar surface area (TPSA) is 175 Å². The van der Waals surface area contributed by atoms with E-state index in [1.807, 2.05) is 41.3 Å². The van der Waals surface area contributed by atoms with Crippen molar-refractivity contribution in [1.82, 2.24) is 19.6 Å². The van der Waals surface area contributed by atoms with Crippen LogP contribution >= 0.6 is 11.6 Å². The second kappa shape index (κ2) is 17.9. The third kappa shape index (κ3) is 9.26. The summed E-state index contributed by atoms with van der Waals surface area (Å²) in [6.07, 6.45) is 10.2. The molecule has 2 aromatic heterocycles. The number of H-pyrrole nitrogens is 1. The van der Waals surface area contributed by atoms with Crippen molar-refractivity contribution in [3.8, 4) is 5.88 Å². The lowest BCUT2D eigenvalue weighted by Crippen LogP contribution is -2.47. The van der Waals surface area contributed by atoms with Crippen molar-refractivity contribution >= 4 is 72.6 Å². The normalized spacial score (nSPS) is 19.2. The third-order valence-corrected chi connectivity index (χ3v) is 15.5. The number of benzene rings is 3. The van der Waals surface area contributed by atoms with Crippen molar-refractivity contribution < 1.29 is 27.6 Å². The molecule has 5 aromatic rings. The first kappa shape index (κ1) is 43.2. The van der Waals surface area contributed by atoms with E-state index in [-0.39, 0.29) is 17.2 Å². The van der Waals surface area contributed by atoms with Crippen molar-refractivity contribution in [3.05, 3.63) is 111 Å². The second-order valence-electron chi connectivity index (χ2n) is 18.1. The Morgan fingerprint density at radius 3 is 2.51 bits per heavy atom. The molecule has 3 aromatic carbocycles. The number of pyridine rings is 1. The Kier molecular flexibility index (Phi) is 11.9. The zero-order valence-corrected chi connectivity index (χ0v) is 37.8. The summed E-state index contributed by atoms with van der Waals surface area (Å²) in [6, 6.07) is 21.3. The number of nitrogens with one attached hydrogen (secondary N) is 3. The van der Waals surface area contributed by atoms with E-state index >= 15 is 0 Å². The average Bonchev–Trinajstić information content (AvgIpc) is 3.97. The minimum absolute atomic E-state index is 0.120. The Balaban J connectivity index is 0.918. The van der Waals surface area contributed by atoms with Crippen LogP contribution in [0.3, 0.4) is 0 Å². The van der Waals surface area contributed by atoms with Gasteiger partial charge in [0, 0.05) is 87.4 Å². The van der Waals surface area contributed by atoms with Crippen LogP contribution in [0.4, 0.5) is 28.4 Å². The maximum atomic E-state index is 14.4. The number of fused-ring (bicyclic) bond motifs is 2. The highest BCUT2D eigenvalue weighted by Gasteiger charge is 2.45. The molecule has 0 bridgehead atoms. The molecule has 5 aliphatic rings. The molecule has 5 heterocycles. The number of carbonyl (C=O) groups is 1. The molecular weight excluding hydrogens is 868 g/mol. The number of rotatable bonds is 12. The molecule has 0 unspecified atom stereocenters. The first-order valence-electron chi connectivity index (χ1n) is 22.6. The van der Waals surface area contributed by atoms with Gasteiger partial charge in [-0.2, -0.15) is 4.98 Å². The monoisotopic (exact) mass is 920 g/mol. The number of ether oxygens (including phenoxy) is 2. The molecule has 340 valence electrons. The average molecular weight is 922 g/mol. The molecule has 1 spiro atoms. The largest absolute Gasteiger partial charge is 0.476 e. The van der Waals surface area contributed by atoms with Gasteiger partial charge < -0.3 is 29.6 Å². The predicted octanol–water partition coefficient (Wildman–Crippen LogP) is 8.54. The van der Waals surface area contributed by atoms with Gasteiger partial charge in [0.2, 0.25) is 5.88 Å². The number of carbonyl (C=O) groups excluding carboxylic acids is 1. The maximum absolute atomic E-state index is 14.4. The number of hydrogen-bond acceptors (Lipinski definition) is 12. The highest BCUT2D eigenvalue weighted by atomic mass is 35.5. The van der Waals surface area contributed by atoms with Gasteiger partial charge in [-0.1, -0.05) is 29.3 Å². The Hall–Kier alpha value is -5.68. The summed E-state index contributed by atoms with van der Waals surface area (Å²) in [4.78, 5) is 40.3. The minimum Gasteiger partial charge on any atom is -0.476 e. The van der Waals surface area contributed by atoms with Crippen LogP contribution in [0.5, 0.6) is 5.88 Å². The van der Waals surface area contributed by atoms with E-state index in [4.69, 9.17) is 26.1 Å². The van der Waals surface area contributed by atoms with E-state index < -0.39 is 31.4 Å². The Morgan fingerprint density at radius 2 is 1.74 bits per heavy atom. The van der Waals surface area contributed by atoms with E-state index in [1.54, 1.807) is 12.3 Å². The summed E-state index contributed by atoms with van der Waals surface area (Å²) in [5.74, 6) is -0.193. The van der Waals surface area contributed by atoms with Crippen molar-refractivity contribution in [2.24, 2.45) is 11.3 Å².